The fraction of sp³-hybridized carbons (Fsp3) is 0.125. The summed E-state index contributed by atoms with van der Waals surface area (Å²) in [7, 11) is 0. The second-order valence-electron chi connectivity index (χ2n) is 7.75. The molecule has 4 aromatic heterocycles. The van der Waals surface area contributed by atoms with Crippen LogP contribution in [0.1, 0.15) is 26.8 Å². The molecule has 0 aliphatic carbocycles. The van der Waals surface area contributed by atoms with Gasteiger partial charge in [-0.1, -0.05) is 28.0 Å². The number of benzene rings is 1. The molecule has 2 N–H and O–H groups in total. The Morgan fingerprint density at radius 3 is 2.86 bits per heavy atom. The maximum absolute atomic E-state index is 12.3. The van der Waals surface area contributed by atoms with Crippen LogP contribution in [0, 0.1) is 6.92 Å². The Kier molecular flexibility index (Phi) is 6.65. The number of pyridine rings is 1. The molecular weight excluding hydrogens is 504 g/mol. The molecule has 0 radical (unpaired) electrons. The van der Waals surface area contributed by atoms with Crippen LogP contribution in [-0.4, -0.2) is 31.0 Å². The molecule has 12 heteroatoms. The van der Waals surface area contributed by atoms with E-state index >= 15 is 0 Å². The number of ether oxygens (including phenoxy) is 1. The molecule has 4 heterocycles. The fourth-order valence-corrected chi connectivity index (χ4v) is 4.42. The van der Waals surface area contributed by atoms with Gasteiger partial charge in [0.15, 0.2) is 0 Å². The lowest BCUT2D eigenvalue weighted by atomic mass is 10.1. The van der Waals surface area contributed by atoms with Crippen molar-refractivity contribution in [3.63, 3.8) is 0 Å². The van der Waals surface area contributed by atoms with Crippen molar-refractivity contribution in [2.75, 3.05) is 0 Å². The summed E-state index contributed by atoms with van der Waals surface area (Å²) in [6, 6.07) is 14.0. The van der Waals surface area contributed by atoms with Crippen molar-refractivity contribution < 1.29 is 14.1 Å². The standard InChI is InChI=1S/C24H19ClN6O4S/c1-14-9-16(29-35-14)13-34-20-10-15(18-3-2-8-26-23(18)32)4-5-19(20)31-12-17(28-30-31)11-27-24(33)21-6-7-22(25)36-21/h2-10,12H,11,13H2,1H3,(H,26,32)(H,27,33). The summed E-state index contributed by atoms with van der Waals surface area (Å²) in [5, 5.41) is 15.1. The highest BCUT2D eigenvalue weighted by atomic mass is 35.5. The van der Waals surface area contributed by atoms with E-state index in [9.17, 15) is 9.59 Å². The summed E-state index contributed by atoms with van der Waals surface area (Å²) in [4.78, 5) is 27.8. The van der Waals surface area contributed by atoms with Crippen LogP contribution in [-0.2, 0) is 13.2 Å². The van der Waals surface area contributed by atoms with E-state index in [1.54, 1.807) is 72.5 Å². The van der Waals surface area contributed by atoms with Gasteiger partial charge in [-0.25, -0.2) is 4.68 Å². The zero-order chi connectivity index (χ0) is 25.1. The van der Waals surface area contributed by atoms with E-state index in [4.69, 9.17) is 20.9 Å². The number of aromatic nitrogens is 5. The van der Waals surface area contributed by atoms with Gasteiger partial charge in [0, 0.05) is 17.8 Å². The third-order valence-corrected chi connectivity index (χ3v) is 6.39. The van der Waals surface area contributed by atoms with Crippen molar-refractivity contribution in [1.82, 2.24) is 30.5 Å². The van der Waals surface area contributed by atoms with E-state index in [1.165, 1.54) is 11.3 Å². The van der Waals surface area contributed by atoms with Gasteiger partial charge in [0.1, 0.15) is 35.2 Å². The number of aromatic amines is 1. The molecule has 0 aliphatic heterocycles. The van der Waals surface area contributed by atoms with Crippen molar-refractivity contribution >= 4 is 28.8 Å². The fourth-order valence-electron chi connectivity index (χ4n) is 3.46. The molecule has 0 fully saturated rings. The topological polar surface area (TPSA) is 128 Å². The van der Waals surface area contributed by atoms with E-state index in [2.05, 4.69) is 25.8 Å². The second-order valence-corrected chi connectivity index (χ2v) is 9.47. The number of carbonyl (C=O) groups excluding carboxylic acids is 1. The smallest absolute Gasteiger partial charge is 0.261 e. The van der Waals surface area contributed by atoms with Gasteiger partial charge in [0.05, 0.1) is 22.0 Å². The van der Waals surface area contributed by atoms with E-state index < -0.39 is 0 Å². The van der Waals surface area contributed by atoms with Crippen LogP contribution in [0.25, 0.3) is 16.8 Å². The Hall–Kier alpha value is -4.22. The molecule has 36 heavy (non-hydrogen) atoms. The van der Waals surface area contributed by atoms with Gasteiger partial charge in [-0.05, 0) is 48.9 Å². The molecule has 0 saturated carbocycles. The normalized spacial score (nSPS) is 10.9. The molecular formula is C24H19ClN6O4S. The third kappa shape index (κ3) is 5.21. The summed E-state index contributed by atoms with van der Waals surface area (Å²) in [5.41, 5.74) is 2.73. The van der Waals surface area contributed by atoms with Crippen molar-refractivity contribution in [3.05, 3.63) is 97.6 Å². The molecule has 5 aromatic rings. The Balaban J connectivity index is 1.40. The van der Waals surface area contributed by atoms with Crippen LogP contribution in [0.3, 0.4) is 0 Å². The van der Waals surface area contributed by atoms with E-state index in [0.29, 0.717) is 48.9 Å². The summed E-state index contributed by atoms with van der Waals surface area (Å²) in [5.74, 6) is 0.891. The molecule has 0 saturated heterocycles. The summed E-state index contributed by atoms with van der Waals surface area (Å²) >= 11 is 7.11. The number of rotatable bonds is 8. The lowest BCUT2D eigenvalue weighted by Gasteiger charge is -2.12. The minimum atomic E-state index is -0.245. The van der Waals surface area contributed by atoms with Gasteiger partial charge < -0.3 is 19.6 Å². The maximum atomic E-state index is 12.3. The maximum Gasteiger partial charge on any atom is 0.261 e. The molecule has 182 valence electrons. The van der Waals surface area contributed by atoms with Crippen molar-refractivity contribution in [1.29, 1.82) is 0 Å². The molecule has 0 aliphatic rings. The number of nitrogens with one attached hydrogen (secondary N) is 2. The number of hydrogen-bond donors (Lipinski definition) is 2. The lowest BCUT2D eigenvalue weighted by molar-refractivity contribution is 0.0954. The largest absolute Gasteiger partial charge is 0.485 e. The average molecular weight is 523 g/mol. The first kappa shape index (κ1) is 23.5. The van der Waals surface area contributed by atoms with Crippen molar-refractivity contribution in [2.24, 2.45) is 0 Å². The Morgan fingerprint density at radius 2 is 2.11 bits per heavy atom. The second kappa shape index (κ2) is 10.2. The first-order valence-corrected chi connectivity index (χ1v) is 12.0. The molecule has 0 spiro atoms. The molecule has 1 amide bonds. The zero-order valence-electron chi connectivity index (χ0n) is 18.9. The van der Waals surface area contributed by atoms with Crippen molar-refractivity contribution in [2.45, 2.75) is 20.1 Å². The van der Waals surface area contributed by atoms with Gasteiger partial charge in [-0.2, -0.15) is 0 Å². The number of aryl methyl sites for hydroxylation is 1. The molecule has 1 aromatic carbocycles. The Morgan fingerprint density at radius 1 is 1.22 bits per heavy atom. The monoisotopic (exact) mass is 522 g/mol. The molecule has 5 rings (SSSR count). The number of H-pyrrole nitrogens is 1. The van der Waals surface area contributed by atoms with Crippen LogP contribution >= 0.6 is 22.9 Å². The van der Waals surface area contributed by atoms with E-state index in [0.717, 1.165) is 0 Å². The van der Waals surface area contributed by atoms with E-state index in [1.807, 2.05) is 0 Å². The van der Waals surface area contributed by atoms with Crippen LogP contribution in [0.4, 0.5) is 0 Å². The summed E-state index contributed by atoms with van der Waals surface area (Å²) in [6.45, 7) is 2.13. The van der Waals surface area contributed by atoms with Crippen LogP contribution in [0.15, 0.2) is 70.2 Å². The predicted molar refractivity (Wildman–Crippen MR) is 133 cm³/mol. The number of hydrogen-bond acceptors (Lipinski definition) is 8. The molecule has 0 atom stereocenters. The van der Waals surface area contributed by atoms with Gasteiger partial charge in [0.25, 0.3) is 11.5 Å². The van der Waals surface area contributed by atoms with Gasteiger partial charge >= 0.3 is 0 Å². The van der Waals surface area contributed by atoms with Crippen LogP contribution < -0.4 is 15.6 Å². The third-order valence-electron chi connectivity index (χ3n) is 5.16. The number of thiophene rings is 1. The molecule has 0 bridgehead atoms. The number of carbonyl (C=O) groups is 1. The van der Waals surface area contributed by atoms with Crippen molar-refractivity contribution in [3.8, 4) is 22.6 Å². The number of halogens is 1. The highest BCUT2D eigenvalue weighted by molar-refractivity contribution is 7.17. The van der Waals surface area contributed by atoms with Gasteiger partial charge in [-0.15, -0.1) is 16.4 Å². The number of nitrogens with zero attached hydrogens (tertiary/aromatic N) is 4. The first-order valence-electron chi connectivity index (χ1n) is 10.8. The van der Waals surface area contributed by atoms with E-state index in [-0.39, 0.29) is 24.6 Å². The highest BCUT2D eigenvalue weighted by Crippen LogP contribution is 2.29. The predicted octanol–water partition coefficient (Wildman–Crippen LogP) is 4.14. The quantitative estimate of drug-likeness (QED) is 0.313. The Labute approximate surface area is 213 Å². The molecule has 0 unspecified atom stereocenters. The lowest BCUT2D eigenvalue weighted by Crippen LogP contribution is -2.21. The minimum absolute atomic E-state index is 0.153. The first-order chi connectivity index (χ1) is 17.5. The van der Waals surface area contributed by atoms with Gasteiger partial charge in [-0.3, -0.25) is 9.59 Å². The van der Waals surface area contributed by atoms with Crippen LogP contribution in [0.2, 0.25) is 4.34 Å². The SMILES string of the molecule is Cc1cc(COc2cc(-c3ccc[nH]c3=O)ccc2-n2cc(CNC(=O)c3ccc(Cl)s3)nn2)no1. The zero-order valence-corrected chi connectivity index (χ0v) is 20.5. The van der Waals surface area contributed by atoms with Gasteiger partial charge in [0.2, 0.25) is 0 Å². The average Bonchev–Trinajstić information content (AvgIpc) is 3.63. The summed E-state index contributed by atoms with van der Waals surface area (Å²) in [6.07, 6.45) is 3.27. The summed E-state index contributed by atoms with van der Waals surface area (Å²) < 4.78 is 13.3. The highest BCUT2D eigenvalue weighted by Gasteiger charge is 2.15. The minimum Gasteiger partial charge on any atom is -0.485 e. The Bertz CT molecular complexity index is 1590. The van der Waals surface area contributed by atoms with Crippen LogP contribution in [0.5, 0.6) is 5.75 Å². The number of amides is 1. The molecule has 10 nitrogen and oxygen atoms in total.